The van der Waals surface area contributed by atoms with Crippen molar-refractivity contribution in [2.75, 3.05) is 19.5 Å². The van der Waals surface area contributed by atoms with Crippen LogP contribution in [-0.2, 0) is 16.6 Å². The van der Waals surface area contributed by atoms with Crippen molar-refractivity contribution in [2.45, 2.75) is 11.4 Å². The lowest BCUT2D eigenvalue weighted by Crippen LogP contribution is -2.24. The number of methoxy groups -OCH3 is 2. The Bertz CT molecular complexity index is 1160. The number of benzene rings is 3. The maximum Gasteiger partial charge on any atom is 0.255 e. The van der Waals surface area contributed by atoms with Gasteiger partial charge in [-0.3, -0.25) is 4.79 Å². The van der Waals surface area contributed by atoms with Gasteiger partial charge in [0.05, 0.1) is 19.2 Å². The molecule has 0 saturated heterocycles. The fraction of sp³-hybridized carbons (Fsp3) is 0.136. The van der Waals surface area contributed by atoms with Gasteiger partial charge in [-0.1, -0.05) is 41.9 Å². The Morgan fingerprint density at radius 3 is 2.19 bits per heavy atom. The molecule has 31 heavy (non-hydrogen) atoms. The van der Waals surface area contributed by atoms with Crippen molar-refractivity contribution >= 4 is 33.2 Å². The van der Waals surface area contributed by atoms with Crippen molar-refractivity contribution < 1.29 is 22.7 Å². The van der Waals surface area contributed by atoms with Crippen LogP contribution < -0.4 is 19.5 Å². The molecule has 2 N–H and O–H groups in total. The highest BCUT2D eigenvalue weighted by molar-refractivity contribution is 7.89. The highest BCUT2D eigenvalue weighted by Gasteiger charge is 2.20. The first-order valence-electron chi connectivity index (χ1n) is 9.20. The molecule has 1 amide bonds. The lowest BCUT2D eigenvalue weighted by atomic mass is 10.2. The fourth-order valence-corrected chi connectivity index (χ4v) is 4.33. The normalized spacial score (nSPS) is 11.1. The summed E-state index contributed by atoms with van der Waals surface area (Å²) in [4.78, 5) is 12.6. The van der Waals surface area contributed by atoms with Crippen LogP contribution in [0.3, 0.4) is 0 Å². The standard InChI is InChI=1S/C22H21ClN2O5S/c1-29-18-11-17(12-19(13-18)30-2)25-22(26)16-8-9-20(23)21(10-16)31(27,28)24-14-15-6-4-3-5-7-15/h3-13,24H,14H2,1-2H3,(H,25,26). The van der Waals surface area contributed by atoms with Gasteiger partial charge in [0, 0.05) is 36.0 Å². The number of hydrogen-bond donors (Lipinski definition) is 2. The predicted octanol–water partition coefficient (Wildman–Crippen LogP) is 4.09. The van der Waals surface area contributed by atoms with E-state index < -0.39 is 15.9 Å². The van der Waals surface area contributed by atoms with Crippen LogP contribution in [0.5, 0.6) is 11.5 Å². The van der Waals surface area contributed by atoms with E-state index in [9.17, 15) is 13.2 Å². The van der Waals surface area contributed by atoms with Gasteiger partial charge in [-0.05, 0) is 23.8 Å². The summed E-state index contributed by atoms with van der Waals surface area (Å²) in [6.07, 6.45) is 0. The van der Waals surface area contributed by atoms with Crippen LogP contribution >= 0.6 is 11.6 Å². The van der Waals surface area contributed by atoms with Gasteiger partial charge in [0.1, 0.15) is 16.4 Å². The zero-order valence-electron chi connectivity index (χ0n) is 16.9. The van der Waals surface area contributed by atoms with Crippen molar-refractivity contribution in [3.8, 4) is 11.5 Å². The Balaban J connectivity index is 1.82. The molecule has 3 aromatic carbocycles. The molecule has 0 fully saturated rings. The molecular weight excluding hydrogens is 440 g/mol. The van der Waals surface area contributed by atoms with Gasteiger partial charge in [0.2, 0.25) is 10.0 Å². The summed E-state index contributed by atoms with van der Waals surface area (Å²) in [6.45, 7) is 0.0968. The second-order valence-electron chi connectivity index (χ2n) is 6.51. The third kappa shape index (κ3) is 5.75. The summed E-state index contributed by atoms with van der Waals surface area (Å²) in [7, 11) is -0.943. The number of sulfonamides is 1. The second kappa shape index (κ2) is 9.82. The first kappa shape index (κ1) is 22.6. The first-order chi connectivity index (χ1) is 14.8. The van der Waals surface area contributed by atoms with Crippen molar-refractivity contribution in [2.24, 2.45) is 0 Å². The Kier molecular flexibility index (Phi) is 7.17. The van der Waals surface area contributed by atoms with Gasteiger partial charge >= 0.3 is 0 Å². The number of ether oxygens (including phenoxy) is 2. The van der Waals surface area contributed by atoms with E-state index in [-0.39, 0.29) is 22.0 Å². The lowest BCUT2D eigenvalue weighted by molar-refractivity contribution is 0.102. The van der Waals surface area contributed by atoms with E-state index in [1.54, 1.807) is 30.3 Å². The second-order valence-corrected chi connectivity index (χ2v) is 8.65. The Morgan fingerprint density at radius 1 is 0.935 bits per heavy atom. The van der Waals surface area contributed by atoms with Crippen molar-refractivity contribution in [1.82, 2.24) is 4.72 Å². The molecule has 0 saturated carbocycles. The van der Waals surface area contributed by atoms with Crippen LogP contribution in [0.2, 0.25) is 5.02 Å². The molecule has 0 aliphatic heterocycles. The molecule has 0 unspecified atom stereocenters. The van der Waals surface area contributed by atoms with Gasteiger partial charge < -0.3 is 14.8 Å². The van der Waals surface area contributed by atoms with Gasteiger partial charge in [0.25, 0.3) is 5.91 Å². The molecule has 7 nitrogen and oxygen atoms in total. The van der Waals surface area contributed by atoms with Crippen LogP contribution in [0.4, 0.5) is 5.69 Å². The van der Waals surface area contributed by atoms with Crippen molar-refractivity contribution in [3.05, 3.63) is 82.9 Å². The summed E-state index contributed by atoms with van der Waals surface area (Å²) >= 11 is 6.12. The average molecular weight is 461 g/mol. The summed E-state index contributed by atoms with van der Waals surface area (Å²) in [6, 6.07) is 18.0. The van der Waals surface area contributed by atoms with Crippen LogP contribution in [0.25, 0.3) is 0 Å². The van der Waals surface area contributed by atoms with Crippen LogP contribution in [0, 0.1) is 0 Å². The lowest BCUT2D eigenvalue weighted by Gasteiger charge is -2.12. The Labute approximate surface area is 186 Å². The van der Waals surface area contributed by atoms with E-state index in [1.807, 2.05) is 18.2 Å². The molecule has 162 valence electrons. The maximum absolute atomic E-state index is 12.8. The first-order valence-corrected chi connectivity index (χ1v) is 11.1. The van der Waals surface area contributed by atoms with Gasteiger partial charge in [0.15, 0.2) is 0 Å². The number of amides is 1. The quantitative estimate of drug-likeness (QED) is 0.528. The van der Waals surface area contributed by atoms with Gasteiger partial charge in [-0.25, -0.2) is 13.1 Å². The van der Waals surface area contributed by atoms with Crippen LogP contribution in [-0.4, -0.2) is 28.5 Å². The third-order valence-corrected chi connectivity index (χ3v) is 6.28. The summed E-state index contributed by atoms with van der Waals surface area (Å²) < 4.78 is 38.4. The number of hydrogen-bond acceptors (Lipinski definition) is 5. The molecule has 3 rings (SSSR count). The Morgan fingerprint density at radius 2 is 1.58 bits per heavy atom. The highest BCUT2D eigenvalue weighted by Crippen LogP contribution is 2.27. The van der Waals surface area contributed by atoms with E-state index >= 15 is 0 Å². The molecule has 0 atom stereocenters. The minimum atomic E-state index is -3.94. The fourth-order valence-electron chi connectivity index (χ4n) is 2.79. The molecule has 0 aliphatic carbocycles. The number of halogens is 1. The van der Waals surface area contributed by atoms with Crippen LogP contribution in [0.15, 0.2) is 71.6 Å². The van der Waals surface area contributed by atoms with Crippen LogP contribution in [0.1, 0.15) is 15.9 Å². The monoisotopic (exact) mass is 460 g/mol. The number of nitrogens with one attached hydrogen (secondary N) is 2. The number of carbonyl (C=O) groups excluding carboxylic acids is 1. The smallest absolute Gasteiger partial charge is 0.255 e. The third-order valence-electron chi connectivity index (χ3n) is 4.40. The van der Waals surface area contributed by atoms with E-state index in [2.05, 4.69) is 10.0 Å². The highest BCUT2D eigenvalue weighted by atomic mass is 35.5. The number of anilines is 1. The van der Waals surface area contributed by atoms with Gasteiger partial charge in [-0.15, -0.1) is 0 Å². The molecule has 0 heterocycles. The largest absolute Gasteiger partial charge is 0.497 e. The molecule has 3 aromatic rings. The minimum absolute atomic E-state index is 0.0140. The van der Waals surface area contributed by atoms with Crippen molar-refractivity contribution in [1.29, 1.82) is 0 Å². The number of rotatable bonds is 8. The minimum Gasteiger partial charge on any atom is -0.497 e. The van der Waals surface area contributed by atoms with E-state index in [0.29, 0.717) is 17.2 Å². The molecular formula is C22H21ClN2O5S. The van der Waals surface area contributed by atoms with Gasteiger partial charge in [-0.2, -0.15) is 0 Å². The average Bonchev–Trinajstić information content (AvgIpc) is 2.78. The molecule has 0 aromatic heterocycles. The zero-order chi connectivity index (χ0) is 22.4. The number of carbonyl (C=O) groups is 1. The molecule has 0 spiro atoms. The molecule has 0 radical (unpaired) electrons. The predicted molar refractivity (Wildman–Crippen MR) is 119 cm³/mol. The Hall–Kier alpha value is -3.07. The summed E-state index contributed by atoms with van der Waals surface area (Å²) in [5.41, 5.74) is 1.36. The topological polar surface area (TPSA) is 93.7 Å². The zero-order valence-corrected chi connectivity index (χ0v) is 18.5. The SMILES string of the molecule is COc1cc(NC(=O)c2ccc(Cl)c(S(=O)(=O)NCc3ccccc3)c2)cc(OC)c1. The molecule has 9 heteroatoms. The maximum atomic E-state index is 12.8. The summed E-state index contributed by atoms with van der Waals surface area (Å²) in [5.74, 6) is 0.491. The van der Waals surface area contributed by atoms with E-state index in [4.69, 9.17) is 21.1 Å². The van der Waals surface area contributed by atoms with E-state index in [1.165, 1.54) is 32.4 Å². The van der Waals surface area contributed by atoms with E-state index in [0.717, 1.165) is 5.56 Å². The van der Waals surface area contributed by atoms with Crippen molar-refractivity contribution in [3.63, 3.8) is 0 Å². The summed E-state index contributed by atoms with van der Waals surface area (Å²) in [5, 5.41) is 2.72. The molecule has 0 bridgehead atoms. The molecule has 0 aliphatic rings.